The molecular weight excluding hydrogens is 453 g/mol. The van der Waals surface area contributed by atoms with Crippen molar-refractivity contribution in [3.63, 3.8) is 0 Å². The Hall–Kier alpha value is -2.47. The van der Waals surface area contributed by atoms with Gasteiger partial charge >= 0.3 is 0 Å². The van der Waals surface area contributed by atoms with Crippen molar-refractivity contribution in [2.45, 2.75) is 25.6 Å². The van der Waals surface area contributed by atoms with Crippen LogP contribution in [0.4, 0.5) is 8.78 Å². The van der Waals surface area contributed by atoms with Gasteiger partial charge in [-0.2, -0.15) is 0 Å². The van der Waals surface area contributed by atoms with E-state index < -0.39 is 11.6 Å². The van der Waals surface area contributed by atoms with Crippen molar-refractivity contribution in [3.05, 3.63) is 105 Å². The Balaban J connectivity index is 1.54. The van der Waals surface area contributed by atoms with Crippen molar-refractivity contribution in [2.24, 2.45) is 0 Å². The van der Waals surface area contributed by atoms with Gasteiger partial charge in [-0.05, 0) is 53.1 Å². The Morgan fingerprint density at radius 2 is 1.41 bits per heavy atom. The summed E-state index contributed by atoms with van der Waals surface area (Å²) in [6.07, 6.45) is 0. The molecule has 0 atom stereocenters. The molecule has 4 rings (SSSR count). The Morgan fingerprint density at radius 1 is 0.938 bits per heavy atom. The molecule has 166 valence electrons. The summed E-state index contributed by atoms with van der Waals surface area (Å²) in [6, 6.07) is 18.7. The minimum absolute atomic E-state index is 0.0267. The van der Waals surface area contributed by atoms with Gasteiger partial charge in [0.05, 0.1) is 12.1 Å². The fourth-order valence-corrected chi connectivity index (χ4v) is 4.45. The van der Waals surface area contributed by atoms with E-state index in [0.717, 1.165) is 17.2 Å². The summed E-state index contributed by atoms with van der Waals surface area (Å²) in [5.74, 6) is -1.43. The highest BCUT2D eigenvalue weighted by molar-refractivity contribution is 6.30. The average molecular weight is 475 g/mol. The minimum atomic E-state index is -0.649. The van der Waals surface area contributed by atoms with E-state index in [4.69, 9.17) is 23.2 Å². The Labute approximate surface area is 196 Å². The standard InChI is InChI=1S/C25H22Cl2F2N2O/c1-16(32)31(13-17-10-22(28)12-23(29)11-17)24-14-30(15-24)25(18-2-6-20(26)7-3-18)19-4-8-21(27)9-5-19/h2-12,24-25H,13-15H2,1H3. The first-order chi connectivity index (χ1) is 15.3. The van der Waals surface area contributed by atoms with E-state index in [9.17, 15) is 13.6 Å². The van der Waals surface area contributed by atoms with Crippen LogP contribution in [0.3, 0.4) is 0 Å². The lowest BCUT2D eigenvalue weighted by Crippen LogP contribution is -2.61. The van der Waals surface area contributed by atoms with Crippen LogP contribution in [-0.4, -0.2) is 34.8 Å². The average Bonchev–Trinajstić information content (AvgIpc) is 2.70. The Morgan fingerprint density at radius 3 is 1.84 bits per heavy atom. The van der Waals surface area contributed by atoms with Crippen LogP contribution in [0.5, 0.6) is 0 Å². The molecule has 1 saturated heterocycles. The number of halogens is 4. The topological polar surface area (TPSA) is 23.6 Å². The number of nitrogens with zero attached hydrogens (tertiary/aromatic N) is 2. The molecule has 1 amide bonds. The van der Waals surface area contributed by atoms with Crippen molar-refractivity contribution < 1.29 is 13.6 Å². The highest BCUT2D eigenvalue weighted by Gasteiger charge is 2.38. The second-order valence-corrected chi connectivity index (χ2v) is 8.91. The first kappa shape index (κ1) is 22.7. The van der Waals surface area contributed by atoms with Crippen LogP contribution in [-0.2, 0) is 11.3 Å². The predicted molar refractivity (Wildman–Crippen MR) is 123 cm³/mol. The van der Waals surface area contributed by atoms with Crippen LogP contribution in [0, 0.1) is 11.6 Å². The number of hydrogen-bond acceptors (Lipinski definition) is 2. The lowest BCUT2D eigenvalue weighted by atomic mass is 9.92. The van der Waals surface area contributed by atoms with Crippen LogP contribution in [0.1, 0.15) is 29.7 Å². The van der Waals surface area contributed by atoms with Crippen LogP contribution >= 0.6 is 23.2 Å². The number of carbonyl (C=O) groups is 1. The molecule has 0 unspecified atom stereocenters. The van der Waals surface area contributed by atoms with E-state index in [0.29, 0.717) is 28.7 Å². The van der Waals surface area contributed by atoms with E-state index in [1.165, 1.54) is 19.1 Å². The fourth-order valence-electron chi connectivity index (χ4n) is 4.20. The number of benzene rings is 3. The maximum Gasteiger partial charge on any atom is 0.220 e. The molecule has 0 spiro atoms. The Bertz CT molecular complexity index is 1030. The quantitative estimate of drug-likeness (QED) is 0.431. The summed E-state index contributed by atoms with van der Waals surface area (Å²) >= 11 is 12.2. The molecule has 0 bridgehead atoms. The zero-order valence-corrected chi connectivity index (χ0v) is 19.0. The molecule has 0 radical (unpaired) electrons. The van der Waals surface area contributed by atoms with Crippen molar-refractivity contribution in [1.29, 1.82) is 0 Å². The lowest BCUT2D eigenvalue weighted by Gasteiger charge is -2.49. The first-order valence-electron chi connectivity index (χ1n) is 10.3. The molecule has 32 heavy (non-hydrogen) atoms. The van der Waals surface area contributed by atoms with Crippen LogP contribution < -0.4 is 0 Å². The zero-order valence-electron chi connectivity index (χ0n) is 17.4. The summed E-state index contributed by atoms with van der Waals surface area (Å²) in [5.41, 5.74) is 2.59. The summed E-state index contributed by atoms with van der Waals surface area (Å²) < 4.78 is 27.2. The summed E-state index contributed by atoms with van der Waals surface area (Å²) in [4.78, 5) is 16.3. The number of rotatable bonds is 6. The third-order valence-corrected chi connectivity index (χ3v) is 6.25. The molecule has 7 heteroatoms. The first-order valence-corrected chi connectivity index (χ1v) is 11.0. The normalized spacial score (nSPS) is 14.4. The molecule has 1 fully saturated rings. The smallest absolute Gasteiger partial charge is 0.220 e. The Kier molecular flexibility index (Phi) is 6.79. The van der Waals surface area contributed by atoms with Crippen LogP contribution in [0.25, 0.3) is 0 Å². The van der Waals surface area contributed by atoms with Gasteiger partial charge in [0.25, 0.3) is 0 Å². The number of amides is 1. The fraction of sp³-hybridized carbons (Fsp3) is 0.240. The number of carbonyl (C=O) groups excluding carboxylic acids is 1. The third kappa shape index (κ3) is 5.12. The number of hydrogen-bond donors (Lipinski definition) is 0. The van der Waals surface area contributed by atoms with Crippen molar-refractivity contribution in [2.75, 3.05) is 13.1 Å². The van der Waals surface area contributed by atoms with Gasteiger partial charge in [-0.1, -0.05) is 47.5 Å². The molecule has 3 aromatic rings. The molecule has 1 aliphatic rings. The highest BCUT2D eigenvalue weighted by Crippen LogP contribution is 2.35. The van der Waals surface area contributed by atoms with Crippen molar-refractivity contribution >= 4 is 29.1 Å². The van der Waals surface area contributed by atoms with E-state index in [1.807, 2.05) is 48.5 Å². The van der Waals surface area contributed by atoms with Gasteiger partial charge in [0.2, 0.25) is 5.91 Å². The van der Waals surface area contributed by atoms with Crippen LogP contribution in [0.2, 0.25) is 10.0 Å². The van der Waals surface area contributed by atoms with Gasteiger partial charge in [-0.15, -0.1) is 0 Å². The molecule has 0 saturated carbocycles. The lowest BCUT2D eigenvalue weighted by molar-refractivity contribution is -0.136. The molecule has 3 aromatic carbocycles. The van der Waals surface area contributed by atoms with Gasteiger partial charge in [0.1, 0.15) is 11.6 Å². The molecule has 1 aliphatic heterocycles. The predicted octanol–water partition coefficient (Wildman–Crippen LogP) is 6.09. The SMILES string of the molecule is CC(=O)N(Cc1cc(F)cc(F)c1)C1CN(C(c2ccc(Cl)cc2)c2ccc(Cl)cc2)C1. The largest absolute Gasteiger partial charge is 0.333 e. The molecule has 0 aliphatic carbocycles. The second-order valence-electron chi connectivity index (χ2n) is 8.04. The number of likely N-dealkylation sites (tertiary alicyclic amines) is 1. The van der Waals surface area contributed by atoms with E-state index in [2.05, 4.69) is 4.90 Å². The monoisotopic (exact) mass is 474 g/mol. The van der Waals surface area contributed by atoms with Crippen molar-refractivity contribution in [1.82, 2.24) is 9.80 Å². The molecule has 3 nitrogen and oxygen atoms in total. The van der Waals surface area contributed by atoms with Gasteiger partial charge < -0.3 is 4.90 Å². The second kappa shape index (κ2) is 9.57. The van der Waals surface area contributed by atoms with E-state index in [1.54, 1.807) is 4.90 Å². The summed E-state index contributed by atoms with van der Waals surface area (Å²) in [6.45, 7) is 2.91. The summed E-state index contributed by atoms with van der Waals surface area (Å²) in [5, 5.41) is 1.32. The molecule has 0 N–H and O–H groups in total. The minimum Gasteiger partial charge on any atom is -0.333 e. The van der Waals surface area contributed by atoms with Gasteiger partial charge in [0.15, 0.2) is 0 Å². The van der Waals surface area contributed by atoms with E-state index in [-0.39, 0.29) is 24.5 Å². The maximum absolute atomic E-state index is 13.6. The third-order valence-electron chi connectivity index (χ3n) is 5.75. The van der Waals surface area contributed by atoms with E-state index >= 15 is 0 Å². The zero-order chi connectivity index (χ0) is 22.8. The van der Waals surface area contributed by atoms with Gasteiger partial charge in [-0.25, -0.2) is 8.78 Å². The van der Waals surface area contributed by atoms with Gasteiger partial charge in [0, 0.05) is 42.7 Å². The van der Waals surface area contributed by atoms with Crippen LogP contribution in [0.15, 0.2) is 66.7 Å². The van der Waals surface area contributed by atoms with Crippen molar-refractivity contribution in [3.8, 4) is 0 Å². The molecule has 0 aromatic heterocycles. The molecule has 1 heterocycles. The van der Waals surface area contributed by atoms with Gasteiger partial charge in [-0.3, -0.25) is 9.69 Å². The summed E-state index contributed by atoms with van der Waals surface area (Å²) in [7, 11) is 0. The maximum atomic E-state index is 13.6. The highest BCUT2D eigenvalue weighted by atomic mass is 35.5. The molecular formula is C25H22Cl2F2N2O.